The summed E-state index contributed by atoms with van der Waals surface area (Å²) in [5.74, 6) is -0.0559. The highest BCUT2D eigenvalue weighted by Gasteiger charge is 2.16. The highest BCUT2D eigenvalue weighted by Crippen LogP contribution is 2.15. The summed E-state index contributed by atoms with van der Waals surface area (Å²) in [6.07, 6.45) is 1.42. The molecule has 0 radical (unpaired) electrons. The second-order valence-electron chi connectivity index (χ2n) is 4.09. The molecule has 108 valence electrons. The number of nitrogens with one attached hydrogen (secondary N) is 2. The minimum atomic E-state index is -3.73. The van der Waals surface area contributed by atoms with Gasteiger partial charge in [-0.05, 0) is 25.2 Å². The minimum Gasteiger partial charge on any atom is -0.360 e. The standard InChI is InChI=1S/C12H14FN3O3S/c1-14-7-9-6-11(2-3-12(9)13)20(17,18)16-8-10-4-5-15-19-10/h2-6,14,16H,7-8H2,1H3. The molecular formula is C12H14FN3O3S. The van der Waals surface area contributed by atoms with Gasteiger partial charge in [0.1, 0.15) is 5.82 Å². The van der Waals surface area contributed by atoms with Gasteiger partial charge in [0.05, 0.1) is 17.6 Å². The van der Waals surface area contributed by atoms with Gasteiger partial charge in [-0.2, -0.15) is 0 Å². The fourth-order valence-corrected chi connectivity index (χ4v) is 2.67. The Balaban J connectivity index is 2.18. The lowest BCUT2D eigenvalue weighted by Gasteiger charge is -2.08. The maximum absolute atomic E-state index is 13.5. The first-order valence-electron chi connectivity index (χ1n) is 5.85. The van der Waals surface area contributed by atoms with Gasteiger partial charge in [0, 0.05) is 18.2 Å². The average Bonchev–Trinajstić information content (AvgIpc) is 2.92. The van der Waals surface area contributed by atoms with Crippen molar-refractivity contribution in [3.05, 3.63) is 47.6 Å². The second kappa shape index (κ2) is 6.12. The zero-order chi connectivity index (χ0) is 14.6. The zero-order valence-electron chi connectivity index (χ0n) is 10.8. The van der Waals surface area contributed by atoms with Gasteiger partial charge in [-0.1, -0.05) is 5.16 Å². The van der Waals surface area contributed by atoms with Crippen molar-refractivity contribution >= 4 is 10.0 Å². The molecular weight excluding hydrogens is 285 g/mol. The summed E-state index contributed by atoms with van der Waals surface area (Å²) >= 11 is 0. The van der Waals surface area contributed by atoms with Crippen molar-refractivity contribution in [3.8, 4) is 0 Å². The Morgan fingerprint density at radius 1 is 1.30 bits per heavy atom. The van der Waals surface area contributed by atoms with Gasteiger partial charge < -0.3 is 9.84 Å². The third-order valence-corrected chi connectivity index (χ3v) is 4.02. The molecule has 0 atom stereocenters. The fraction of sp³-hybridized carbons (Fsp3) is 0.250. The van der Waals surface area contributed by atoms with Crippen LogP contribution in [0.3, 0.4) is 0 Å². The van der Waals surface area contributed by atoms with E-state index in [1.54, 1.807) is 13.1 Å². The molecule has 2 N–H and O–H groups in total. The molecule has 0 aliphatic heterocycles. The summed E-state index contributed by atoms with van der Waals surface area (Å²) in [5, 5.41) is 6.26. The van der Waals surface area contributed by atoms with E-state index in [0.717, 1.165) is 6.07 Å². The van der Waals surface area contributed by atoms with E-state index in [1.165, 1.54) is 18.3 Å². The Labute approximate surface area is 116 Å². The predicted molar refractivity (Wildman–Crippen MR) is 69.7 cm³/mol. The normalized spacial score (nSPS) is 11.7. The van der Waals surface area contributed by atoms with E-state index in [9.17, 15) is 12.8 Å². The van der Waals surface area contributed by atoms with Gasteiger partial charge in [0.15, 0.2) is 5.76 Å². The van der Waals surface area contributed by atoms with Crippen molar-refractivity contribution < 1.29 is 17.3 Å². The van der Waals surface area contributed by atoms with Crippen LogP contribution in [0.5, 0.6) is 0 Å². The fourth-order valence-electron chi connectivity index (χ4n) is 1.63. The van der Waals surface area contributed by atoms with Crippen molar-refractivity contribution in [2.45, 2.75) is 18.0 Å². The molecule has 0 spiro atoms. The lowest BCUT2D eigenvalue weighted by Crippen LogP contribution is -2.23. The van der Waals surface area contributed by atoms with Crippen LogP contribution in [0.15, 0.2) is 39.9 Å². The largest absolute Gasteiger partial charge is 0.360 e. The molecule has 20 heavy (non-hydrogen) atoms. The molecule has 0 aliphatic rings. The van der Waals surface area contributed by atoms with Crippen LogP contribution in [0.2, 0.25) is 0 Å². The number of hydrogen-bond acceptors (Lipinski definition) is 5. The van der Waals surface area contributed by atoms with Crippen molar-refractivity contribution in [3.63, 3.8) is 0 Å². The smallest absolute Gasteiger partial charge is 0.240 e. The van der Waals surface area contributed by atoms with E-state index in [0.29, 0.717) is 5.76 Å². The molecule has 0 bridgehead atoms. The van der Waals surface area contributed by atoms with E-state index in [-0.39, 0.29) is 23.5 Å². The molecule has 0 saturated carbocycles. The van der Waals surface area contributed by atoms with Crippen LogP contribution in [0.25, 0.3) is 0 Å². The summed E-state index contributed by atoms with van der Waals surface area (Å²) in [7, 11) is -2.07. The van der Waals surface area contributed by atoms with Gasteiger partial charge in [-0.15, -0.1) is 0 Å². The van der Waals surface area contributed by atoms with Gasteiger partial charge in [-0.3, -0.25) is 0 Å². The molecule has 6 nitrogen and oxygen atoms in total. The molecule has 1 aromatic heterocycles. The molecule has 1 heterocycles. The molecule has 0 unspecified atom stereocenters. The summed E-state index contributed by atoms with van der Waals surface area (Å²) in [6, 6.07) is 5.21. The van der Waals surface area contributed by atoms with Crippen molar-refractivity contribution in [2.24, 2.45) is 0 Å². The van der Waals surface area contributed by atoms with E-state index >= 15 is 0 Å². The Morgan fingerprint density at radius 3 is 2.75 bits per heavy atom. The number of rotatable bonds is 6. The van der Waals surface area contributed by atoms with Crippen LogP contribution in [-0.2, 0) is 23.1 Å². The Morgan fingerprint density at radius 2 is 2.10 bits per heavy atom. The van der Waals surface area contributed by atoms with E-state index in [4.69, 9.17) is 4.52 Å². The molecule has 0 aliphatic carbocycles. The summed E-state index contributed by atoms with van der Waals surface area (Å²) in [5.41, 5.74) is 0.287. The topological polar surface area (TPSA) is 84.2 Å². The van der Waals surface area contributed by atoms with Crippen molar-refractivity contribution in [1.29, 1.82) is 0 Å². The Hall–Kier alpha value is -1.77. The third kappa shape index (κ3) is 3.41. The van der Waals surface area contributed by atoms with Crippen LogP contribution >= 0.6 is 0 Å². The van der Waals surface area contributed by atoms with Crippen LogP contribution in [0, 0.1) is 5.82 Å². The predicted octanol–water partition coefficient (Wildman–Crippen LogP) is 1.01. The summed E-state index contributed by atoms with van der Waals surface area (Å²) in [6.45, 7) is 0.234. The van der Waals surface area contributed by atoms with Gasteiger partial charge in [0.2, 0.25) is 10.0 Å². The first-order chi connectivity index (χ1) is 9.53. The third-order valence-electron chi connectivity index (χ3n) is 2.62. The SMILES string of the molecule is CNCc1cc(S(=O)(=O)NCc2ccno2)ccc1F. The molecule has 8 heteroatoms. The highest BCUT2D eigenvalue weighted by atomic mass is 32.2. The van der Waals surface area contributed by atoms with Gasteiger partial charge in [0.25, 0.3) is 0 Å². The average molecular weight is 299 g/mol. The first kappa shape index (κ1) is 14.6. The van der Waals surface area contributed by atoms with Crippen LogP contribution in [-0.4, -0.2) is 20.6 Å². The number of sulfonamides is 1. The monoisotopic (exact) mass is 299 g/mol. The van der Waals surface area contributed by atoms with E-state index < -0.39 is 15.8 Å². The second-order valence-corrected chi connectivity index (χ2v) is 5.85. The minimum absolute atomic E-state index is 0.00339. The number of aromatic nitrogens is 1. The van der Waals surface area contributed by atoms with Crippen LogP contribution < -0.4 is 10.0 Å². The first-order valence-corrected chi connectivity index (χ1v) is 7.33. The molecule has 1 aromatic carbocycles. The number of hydrogen-bond donors (Lipinski definition) is 2. The van der Waals surface area contributed by atoms with Crippen molar-refractivity contribution in [1.82, 2.24) is 15.2 Å². The molecule has 0 fully saturated rings. The highest BCUT2D eigenvalue weighted by molar-refractivity contribution is 7.89. The molecule has 0 saturated heterocycles. The summed E-state index contributed by atoms with van der Waals surface area (Å²) in [4.78, 5) is 0.00339. The Bertz CT molecular complexity index is 671. The quantitative estimate of drug-likeness (QED) is 0.831. The van der Waals surface area contributed by atoms with Crippen LogP contribution in [0.1, 0.15) is 11.3 Å². The van der Waals surface area contributed by atoms with E-state index in [2.05, 4.69) is 15.2 Å². The lowest BCUT2D eigenvalue weighted by atomic mass is 10.2. The number of nitrogens with zero attached hydrogens (tertiary/aromatic N) is 1. The Kier molecular flexibility index (Phi) is 4.48. The van der Waals surface area contributed by atoms with Crippen molar-refractivity contribution in [2.75, 3.05) is 7.05 Å². The number of halogens is 1. The zero-order valence-corrected chi connectivity index (χ0v) is 11.6. The van der Waals surface area contributed by atoms with Gasteiger partial charge >= 0.3 is 0 Å². The van der Waals surface area contributed by atoms with Crippen LogP contribution in [0.4, 0.5) is 4.39 Å². The van der Waals surface area contributed by atoms with Gasteiger partial charge in [-0.25, -0.2) is 17.5 Å². The maximum atomic E-state index is 13.5. The molecule has 2 aromatic rings. The van der Waals surface area contributed by atoms with E-state index in [1.807, 2.05) is 0 Å². The maximum Gasteiger partial charge on any atom is 0.240 e. The molecule has 0 amide bonds. The number of benzene rings is 1. The molecule has 2 rings (SSSR count). The lowest BCUT2D eigenvalue weighted by molar-refractivity contribution is 0.380. The summed E-state index contributed by atoms with van der Waals surface area (Å²) < 4.78 is 44.8.